The van der Waals surface area contributed by atoms with Gasteiger partial charge in [-0.1, -0.05) is 23.0 Å². The first-order chi connectivity index (χ1) is 13.9. The highest BCUT2D eigenvalue weighted by Gasteiger charge is 2.26. The molecular formula is C18H22N4O5S2. The van der Waals surface area contributed by atoms with Crippen molar-refractivity contribution >= 4 is 38.4 Å². The van der Waals surface area contributed by atoms with Crippen molar-refractivity contribution in [2.75, 3.05) is 25.0 Å². The molecule has 11 heteroatoms. The number of anilines is 1. The number of nitrogens with one attached hydrogen (secondary N) is 1. The van der Waals surface area contributed by atoms with Crippen LogP contribution in [0, 0.1) is 0 Å². The molecule has 0 radical (unpaired) electrons. The maximum atomic E-state index is 12.7. The summed E-state index contributed by atoms with van der Waals surface area (Å²) in [7, 11) is -3.50. The molecule has 0 aliphatic carbocycles. The van der Waals surface area contributed by atoms with Crippen LogP contribution >= 0.6 is 11.5 Å². The second-order valence-electron chi connectivity index (χ2n) is 6.50. The number of carbonyl (C=O) groups is 2. The topological polar surface area (TPSA) is 119 Å². The highest BCUT2D eigenvalue weighted by molar-refractivity contribution is 7.89. The molecule has 2 heterocycles. The van der Waals surface area contributed by atoms with E-state index >= 15 is 0 Å². The predicted molar refractivity (Wildman–Crippen MR) is 107 cm³/mol. The molecule has 0 unspecified atom stereocenters. The number of nitrogens with zero attached hydrogens (tertiary/aromatic N) is 3. The molecule has 0 saturated carbocycles. The van der Waals surface area contributed by atoms with Gasteiger partial charge in [0.05, 0.1) is 17.9 Å². The molecule has 1 amide bonds. The van der Waals surface area contributed by atoms with Crippen LogP contribution < -0.4 is 5.32 Å². The molecule has 1 aromatic heterocycles. The summed E-state index contributed by atoms with van der Waals surface area (Å²) in [5.41, 5.74) is 0.614. The van der Waals surface area contributed by atoms with E-state index in [2.05, 4.69) is 14.9 Å². The minimum Gasteiger partial charge on any atom is -0.461 e. The first kappa shape index (κ1) is 21.3. The third-order valence-corrected chi connectivity index (χ3v) is 7.00. The number of hydrogen-bond donors (Lipinski definition) is 1. The third-order valence-electron chi connectivity index (χ3n) is 4.45. The van der Waals surface area contributed by atoms with Gasteiger partial charge in [0.25, 0.3) is 0 Å². The van der Waals surface area contributed by atoms with Crippen molar-refractivity contribution in [1.29, 1.82) is 0 Å². The fraction of sp³-hybridized carbons (Fsp3) is 0.444. The van der Waals surface area contributed by atoms with Gasteiger partial charge in [-0.2, -0.15) is 4.31 Å². The van der Waals surface area contributed by atoms with Gasteiger partial charge in [0, 0.05) is 24.6 Å². The van der Waals surface area contributed by atoms with Gasteiger partial charge in [0.15, 0.2) is 5.00 Å². The molecule has 0 atom stereocenters. The Balaban J connectivity index is 1.63. The number of amides is 1. The average molecular weight is 439 g/mol. The summed E-state index contributed by atoms with van der Waals surface area (Å²) in [6.45, 7) is 2.94. The van der Waals surface area contributed by atoms with E-state index in [1.54, 1.807) is 19.1 Å². The molecule has 9 nitrogen and oxygen atoms in total. The van der Waals surface area contributed by atoms with E-state index in [0.717, 1.165) is 30.8 Å². The highest BCUT2D eigenvalue weighted by atomic mass is 32.2. The number of sulfonamides is 1. The molecule has 3 rings (SSSR count). The van der Waals surface area contributed by atoms with Crippen LogP contribution in [0.5, 0.6) is 0 Å². The van der Waals surface area contributed by atoms with Crippen LogP contribution in [0.1, 0.15) is 42.2 Å². The Morgan fingerprint density at radius 3 is 2.52 bits per heavy atom. The average Bonchev–Trinajstić information content (AvgIpc) is 3.17. The molecule has 1 N–H and O–H groups in total. The summed E-state index contributed by atoms with van der Waals surface area (Å²) in [5.74, 6) is -1.02. The van der Waals surface area contributed by atoms with Crippen molar-refractivity contribution < 1.29 is 22.7 Å². The lowest BCUT2D eigenvalue weighted by Gasteiger charge is -2.25. The first-order valence-electron chi connectivity index (χ1n) is 9.30. The van der Waals surface area contributed by atoms with Crippen molar-refractivity contribution in [3.8, 4) is 0 Å². The Morgan fingerprint density at radius 1 is 1.17 bits per heavy atom. The van der Waals surface area contributed by atoms with E-state index < -0.39 is 16.0 Å². The van der Waals surface area contributed by atoms with Gasteiger partial charge in [0.2, 0.25) is 21.6 Å². The zero-order valence-electron chi connectivity index (χ0n) is 16.0. The molecule has 0 spiro atoms. The summed E-state index contributed by atoms with van der Waals surface area (Å²) in [6.07, 6.45) is 2.81. The number of hydrogen-bond acceptors (Lipinski definition) is 8. The largest absolute Gasteiger partial charge is 0.461 e. The van der Waals surface area contributed by atoms with Crippen LogP contribution in [0.3, 0.4) is 0 Å². The van der Waals surface area contributed by atoms with E-state index in [4.69, 9.17) is 4.74 Å². The Kier molecular flexibility index (Phi) is 6.93. The van der Waals surface area contributed by atoms with Gasteiger partial charge < -0.3 is 10.1 Å². The summed E-state index contributed by atoms with van der Waals surface area (Å²) in [5, 5.41) is 6.51. The van der Waals surface area contributed by atoms with Crippen LogP contribution in [0.15, 0.2) is 29.2 Å². The smallest absolute Gasteiger partial charge is 0.362 e. The van der Waals surface area contributed by atoms with Crippen LogP contribution in [0.2, 0.25) is 0 Å². The quantitative estimate of drug-likeness (QED) is 0.657. The SMILES string of the molecule is CCOC(=O)c1nnsc1NC(=O)Cc1ccc(S(=O)(=O)N2CCCCC2)cc1. The van der Waals surface area contributed by atoms with Crippen LogP contribution in [-0.2, 0) is 26.0 Å². The zero-order valence-corrected chi connectivity index (χ0v) is 17.6. The first-order valence-corrected chi connectivity index (χ1v) is 11.5. The monoisotopic (exact) mass is 438 g/mol. The Labute approximate surface area is 173 Å². The lowest BCUT2D eigenvalue weighted by Crippen LogP contribution is -2.35. The van der Waals surface area contributed by atoms with Crippen LogP contribution in [0.25, 0.3) is 0 Å². The van der Waals surface area contributed by atoms with E-state index in [1.165, 1.54) is 16.4 Å². The van der Waals surface area contributed by atoms with Crippen molar-refractivity contribution in [2.24, 2.45) is 0 Å². The van der Waals surface area contributed by atoms with E-state index in [0.29, 0.717) is 18.7 Å². The van der Waals surface area contributed by atoms with Crippen LogP contribution in [0.4, 0.5) is 5.00 Å². The molecule has 1 fully saturated rings. The second kappa shape index (κ2) is 9.42. The summed E-state index contributed by atoms with van der Waals surface area (Å²) < 4.78 is 35.4. The van der Waals surface area contributed by atoms with Crippen molar-refractivity contribution in [2.45, 2.75) is 37.5 Å². The number of rotatable bonds is 7. The van der Waals surface area contributed by atoms with Gasteiger partial charge in [-0.15, -0.1) is 5.10 Å². The highest BCUT2D eigenvalue weighted by Crippen LogP contribution is 2.22. The van der Waals surface area contributed by atoms with Crippen molar-refractivity contribution in [3.63, 3.8) is 0 Å². The lowest BCUT2D eigenvalue weighted by molar-refractivity contribution is -0.115. The molecule has 1 aromatic carbocycles. The van der Waals surface area contributed by atoms with E-state index in [9.17, 15) is 18.0 Å². The summed E-state index contributed by atoms with van der Waals surface area (Å²) >= 11 is 0.886. The zero-order chi connectivity index (χ0) is 20.9. The summed E-state index contributed by atoms with van der Waals surface area (Å²) in [4.78, 5) is 24.3. The lowest BCUT2D eigenvalue weighted by atomic mass is 10.1. The normalized spacial score (nSPS) is 15.1. The van der Waals surface area contributed by atoms with E-state index in [1.807, 2.05) is 0 Å². The maximum Gasteiger partial charge on any atom is 0.362 e. The van der Waals surface area contributed by atoms with Gasteiger partial charge in [-0.3, -0.25) is 4.79 Å². The Bertz CT molecular complexity index is 966. The molecule has 29 heavy (non-hydrogen) atoms. The second-order valence-corrected chi connectivity index (χ2v) is 9.20. The Hall–Kier alpha value is -2.37. The van der Waals surface area contributed by atoms with Crippen LogP contribution in [-0.4, -0.2) is 53.9 Å². The van der Waals surface area contributed by atoms with Crippen molar-refractivity contribution in [3.05, 3.63) is 35.5 Å². The third kappa shape index (κ3) is 5.17. The molecule has 1 saturated heterocycles. The fourth-order valence-electron chi connectivity index (χ4n) is 3.00. The number of carbonyl (C=O) groups excluding carboxylic acids is 2. The summed E-state index contributed by atoms with van der Waals surface area (Å²) in [6, 6.07) is 6.27. The number of aromatic nitrogens is 2. The molecule has 2 aromatic rings. The van der Waals surface area contributed by atoms with Gasteiger partial charge in [-0.05, 0) is 37.5 Å². The minimum atomic E-state index is -3.50. The Morgan fingerprint density at radius 2 is 1.86 bits per heavy atom. The van der Waals surface area contributed by atoms with Crippen molar-refractivity contribution in [1.82, 2.24) is 13.9 Å². The number of piperidine rings is 1. The van der Waals surface area contributed by atoms with Gasteiger partial charge >= 0.3 is 5.97 Å². The van der Waals surface area contributed by atoms with Gasteiger partial charge in [0.1, 0.15) is 0 Å². The number of benzene rings is 1. The fourth-order valence-corrected chi connectivity index (χ4v) is 5.09. The van der Waals surface area contributed by atoms with E-state index in [-0.39, 0.29) is 34.5 Å². The van der Waals surface area contributed by atoms with Gasteiger partial charge in [-0.25, -0.2) is 13.2 Å². The standard InChI is InChI=1S/C18H22N4O5S2/c1-2-27-18(24)16-17(28-21-20-16)19-15(23)12-13-6-8-14(9-7-13)29(25,26)22-10-4-3-5-11-22/h6-9H,2-5,10-12H2,1H3,(H,19,23). The molecule has 0 bridgehead atoms. The number of esters is 1. The maximum absolute atomic E-state index is 12.7. The molecule has 156 valence electrons. The minimum absolute atomic E-state index is 0.0181. The molecule has 1 aliphatic heterocycles. The predicted octanol–water partition coefficient (Wildman–Crippen LogP) is 2.07. The molecular weight excluding hydrogens is 416 g/mol. The molecule has 1 aliphatic rings. The number of ether oxygens (including phenoxy) is 1.